The summed E-state index contributed by atoms with van der Waals surface area (Å²) in [6, 6.07) is 3.90. The third-order valence-electron chi connectivity index (χ3n) is 3.83. The molecule has 0 spiro atoms. The summed E-state index contributed by atoms with van der Waals surface area (Å²) in [4.78, 5) is 37.6. The van der Waals surface area contributed by atoms with E-state index in [0.29, 0.717) is 11.1 Å². The zero-order chi connectivity index (χ0) is 20.0. The van der Waals surface area contributed by atoms with Crippen molar-refractivity contribution in [1.29, 1.82) is 0 Å². The molecule has 0 unspecified atom stereocenters. The van der Waals surface area contributed by atoms with Gasteiger partial charge in [0.1, 0.15) is 17.5 Å². The number of hydrogen-bond acceptors (Lipinski definition) is 6. The van der Waals surface area contributed by atoms with Gasteiger partial charge in [0.2, 0.25) is 0 Å². The monoisotopic (exact) mass is 374 g/mol. The highest BCUT2D eigenvalue weighted by Crippen LogP contribution is 2.17. The first-order valence-electron chi connectivity index (χ1n) is 7.93. The number of aromatic hydroxyl groups is 1. The minimum Gasteiger partial charge on any atom is -0.508 e. The maximum Gasteiger partial charge on any atom is 0.351 e. The minimum atomic E-state index is -1.29. The van der Waals surface area contributed by atoms with Crippen LogP contribution in [-0.4, -0.2) is 56.6 Å². The van der Waals surface area contributed by atoms with Crippen molar-refractivity contribution >= 4 is 24.1 Å². The van der Waals surface area contributed by atoms with Crippen LogP contribution in [0.2, 0.25) is 0 Å². The predicted molar refractivity (Wildman–Crippen MR) is 94.7 cm³/mol. The van der Waals surface area contributed by atoms with Crippen LogP contribution in [0.4, 0.5) is 0 Å². The van der Waals surface area contributed by atoms with E-state index in [4.69, 9.17) is 10.2 Å². The van der Waals surface area contributed by atoms with E-state index in [-0.39, 0.29) is 24.3 Å². The van der Waals surface area contributed by atoms with Crippen LogP contribution in [0.25, 0.3) is 0 Å². The second kappa shape index (κ2) is 8.65. The lowest BCUT2D eigenvalue weighted by Crippen LogP contribution is -2.41. The average Bonchev–Trinajstić information content (AvgIpc) is 2.62. The lowest BCUT2D eigenvalue weighted by Gasteiger charge is -2.21. The van der Waals surface area contributed by atoms with E-state index < -0.39 is 30.0 Å². The maximum absolute atomic E-state index is 11.4. The molecule has 2 atom stereocenters. The number of carbonyl (C=O) groups is 3. The van der Waals surface area contributed by atoms with Gasteiger partial charge in [-0.15, -0.1) is 0 Å². The summed E-state index contributed by atoms with van der Waals surface area (Å²) in [6.45, 7) is 0. The maximum atomic E-state index is 11.4. The average molecular weight is 374 g/mol. The molecular weight excluding hydrogens is 356 g/mol. The lowest BCUT2D eigenvalue weighted by molar-refractivity contribution is -0.140. The van der Waals surface area contributed by atoms with Gasteiger partial charge in [-0.25, -0.2) is 14.4 Å². The van der Waals surface area contributed by atoms with Gasteiger partial charge in [-0.05, 0) is 35.4 Å². The van der Waals surface area contributed by atoms with Crippen molar-refractivity contribution in [2.75, 3.05) is 0 Å². The Hall–Kier alpha value is -3.62. The fourth-order valence-corrected chi connectivity index (χ4v) is 2.45. The quantitative estimate of drug-likeness (QED) is 0.439. The molecule has 1 heterocycles. The number of aliphatic carboxylic acids is 3. The van der Waals surface area contributed by atoms with Crippen LogP contribution in [0, 0.1) is 0 Å². The Morgan fingerprint density at radius 3 is 2.41 bits per heavy atom. The van der Waals surface area contributed by atoms with E-state index in [9.17, 15) is 24.6 Å². The van der Waals surface area contributed by atoms with Crippen LogP contribution < -0.4 is 5.32 Å². The van der Waals surface area contributed by atoms with Crippen LogP contribution in [0.15, 0.2) is 52.7 Å². The van der Waals surface area contributed by atoms with Gasteiger partial charge in [-0.1, -0.05) is 12.1 Å². The molecule has 1 aliphatic rings. The largest absolute Gasteiger partial charge is 0.508 e. The van der Waals surface area contributed by atoms with Crippen LogP contribution in [0.3, 0.4) is 0 Å². The highest BCUT2D eigenvalue weighted by molar-refractivity contribution is 5.90. The highest BCUT2D eigenvalue weighted by Gasteiger charge is 2.26. The summed E-state index contributed by atoms with van der Waals surface area (Å²) >= 11 is 0. The molecule has 5 N–H and O–H groups in total. The number of carboxylic acid groups (broad SMARTS) is 3. The van der Waals surface area contributed by atoms with Gasteiger partial charge in [0.25, 0.3) is 0 Å². The summed E-state index contributed by atoms with van der Waals surface area (Å²) in [5.41, 5.74) is 0.814. The molecule has 0 fully saturated rings. The van der Waals surface area contributed by atoms with Gasteiger partial charge < -0.3 is 25.7 Å². The molecule has 1 aromatic carbocycles. The molecule has 1 aliphatic heterocycles. The number of hydrogen-bond donors (Lipinski definition) is 5. The van der Waals surface area contributed by atoms with Crippen molar-refractivity contribution in [2.45, 2.75) is 24.9 Å². The van der Waals surface area contributed by atoms with E-state index in [1.165, 1.54) is 30.5 Å². The number of benzene rings is 1. The number of aliphatic imine (C=N–C) groups is 1. The number of rotatable bonds is 7. The minimum absolute atomic E-state index is 0.0355. The summed E-state index contributed by atoms with van der Waals surface area (Å²) in [5.74, 6) is -3.56. The molecule has 0 bridgehead atoms. The molecule has 0 saturated carbocycles. The first kappa shape index (κ1) is 19.7. The fourth-order valence-electron chi connectivity index (χ4n) is 2.45. The van der Waals surface area contributed by atoms with E-state index in [1.807, 2.05) is 0 Å². The molecule has 0 radical (unpaired) electrons. The predicted octanol–water partition coefficient (Wildman–Crippen LogP) is 0.800. The van der Waals surface area contributed by atoms with E-state index in [2.05, 4.69) is 10.3 Å². The van der Waals surface area contributed by atoms with Crippen LogP contribution in [0.5, 0.6) is 5.75 Å². The lowest BCUT2D eigenvalue weighted by atomic mass is 10.00. The van der Waals surface area contributed by atoms with Crippen LogP contribution in [-0.2, 0) is 20.8 Å². The SMILES string of the molecule is O=C(O)C1=C/C(=C\C=N[C@@H](Cc2ccc(O)cc2)C(=O)O)C[C@@H](C(=O)O)N1. The van der Waals surface area contributed by atoms with E-state index in [0.717, 1.165) is 0 Å². The first-order valence-corrected chi connectivity index (χ1v) is 7.93. The van der Waals surface area contributed by atoms with Crippen molar-refractivity contribution in [2.24, 2.45) is 4.99 Å². The third-order valence-corrected chi connectivity index (χ3v) is 3.83. The van der Waals surface area contributed by atoms with Crippen molar-refractivity contribution in [3.05, 3.63) is 53.3 Å². The molecule has 9 nitrogen and oxygen atoms in total. The van der Waals surface area contributed by atoms with Gasteiger partial charge in [0.05, 0.1) is 0 Å². The van der Waals surface area contributed by atoms with Crippen molar-refractivity contribution in [1.82, 2.24) is 5.32 Å². The molecule has 0 aromatic heterocycles. The smallest absolute Gasteiger partial charge is 0.351 e. The van der Waals surface area contributed by atoms with Gasteiger partial charge in [-0.3, -0.25) is 4.99 Å². The van der Waals surface area contributed by atoms with E-state index >= 15 is 0 Å². The molecule has 0 amide bonds. The number of phenols is 1. The Balaban J connectivity index is 2.15. The molecule has 142 valence electrons. The van der Waals surface area contributed by atoms with Crippen molar-refractivity contribution < 1.29 is 34.8 Å². The second-order valence-corrected chi connectivity index (χ2v) is 5.87. The molecule has 0 saturated heterocycles. The zero-order valence-corrected chi connectivity index (χ0v) is 14.1. The number of nitrogens with one attached hydrogen (secondary N) is 1. The van der Waals surface area contributed by atoms with E-state index in [1.54, 1.807) is 12.1 Å². The van der Waals surface area contributed by atoms with Crippen LogP contribution in [0.1, 0.15) is 12.0 Å². The molecule has 0 aliphatic carbocycles. The second-order valence-electron chi connectivity index (χ2n) is 5.87. The molecular formula is C18H18N2O7. The summed E-state index contributed by atoms with van der Waals surface area (Å²) < 4.78 is 0. The summed E-state index contributed by atoms with van der Waals surface area (Å²) in [7, 11) is 0. The Morgan fingerprint density at radius 1 is 1.19 bits per heavy atom. The molecule has 27 heavy (non-hydrogen) atoms. The van der Waals surface area contributed by atoms with Crippen molar-refractivity contribution in [3.63, 3.8) is 0 Å². The zero-order valence-electron chi connectivity index (χ0n) is 14.1. The topological polar surface area (TPSA) is 157 Å². The van der Waals surface area contributed by atoms with Gasteiger partial charge in [-0.2, -0.15) is 0 Å². The van der Waals surface area contributed by atoms with Crippen molar-refractivity contribution in [3.8, 4) is 5.75 Å². The van der Waals surface area contributed by atoms with Crippen LogP contribution >= 0.6 is 0 Å². The first-order chi connectivity index (χ1) is 12.8. The third kappa shape index (κ3) is 5.70. The summed E-state index contributed by atoms with van der Waals surface area (Å²) in [6.07, 6.45) is 4.05. The molecule has 9 heteroatoms. The van der Waals surface area contributed by atoms with Gasteiger partial charge in [0, 0.05) is 19.1 Å². The fraction of sp³-hybridized carbons (Fsp3) is 0.222. The standard InChI is InChI=1S/C18H18N2O7/c21-12-3-1-10(2-4-12)7-13(16(22)23)19-6-5-11-8-14(17(24)25)20-15(9-11)18(26)27/h1-6,8,13,15,20-21H,7,9H2,(H,22,23)(H,24,25)(H,26,27)/b11-5+,19-6?/t13-,15-/m0/s1. The Labute approximate surface area is 154 Å². The normalized spacial score (nSPS) is 19.3. The highest BCUT2D eigenvalue weighted by atomic mass is 16.4. The molecule has 1 aromatic rings. The Kier molecular flexibility index (Phi) is 6.32. The van der Waals surface area contributed by atoms with Gasteiger partial charge in [0.15, 0.2) is 6.04 Å². The molecule has 2 rings (SSSR count). The van der Waals surface area contributed by atoms with Gasteiger partial charge >= 0.3 is 17.9 Å². The Bertz CT molecular complexity index is 825. The number of allylic oxidation sites excluding steroid dienone is 2. The number of carboxylic acids is 3. The number of nitrogens with zero attached hydrogens (tertiary/aromatic N) is 1. The summed E-state index contributed by atoms with van der Waals surface area (Å²) in [5, 5.41) is 39.1. The Morgan fingerprint density at radius 2 is 1.85 bits per heavy atom. The number of phenolic OH excluding ortho intramolecular Hbond substituents is 1.